The fourth-order valence-corrected chi connectivity index (χ4v) is 1.56. The smallest absolute Gasteiger partial charge is 0.134 e. The van der Waals surface area contributed by atoms with Gasteiger partial charge in [0.25, 0.3) is 0 Å². The molecule has 2 rings (SSSR count). The number of benzene rings is 1. The van der Waals surface area contributed by atoms with Crippen LogP contribution in [0, 0.1) is 0 Å². The number of aliphatic hydroxyl groups is 1. The van der Waals surface area contributed by atoms with Crippen molar-refractivity contribution < 1.29 is 9.52 Å². The van der Waals surface area contributed by atoms with Gasteiger partial charge in [-0.05, 0) is 32.0 Å². The van der Waals surface area contributed by atoms with Gasteiger partial charge in [0.1, 0.15) is 5.58 Å². The molecule has 2 aromatic rings. The van der Waals surface area contributed by atoms with E-state index in [0.29, 0.717) is 11.3 Å². The molecule has 3 N–H and O–H groups in total. The summed E-state index contributed by atoms with van der Waals surface area (Å²) < 4.78 is 5.24. The Hall–Kier alpha value is -1.48. The molecule has 0 saturated carbocycles. The molecular weight excluding hydrogens is 178 g/mol. The Morgan fingerprint density at radius 3 is 2.71 bits per heavy atom. The van der Waals surface area contributed by atoms with Crippen LogP contribution in [0.2, 0.25) is 0 Å². The third-order valence-electron chi connectivity index (χ3n) is 2.28. The molecule has 0 radical (unpaired) electrons. The fourth-order valence-electron chi connectivity index (χ4n) is 1.56. The number of fused-ring (bicyclic) bond motifs is 1. The average Bonchev–Trinajstić information content (AvgIpc) is 2.47. The Labute approximate surface area is 82.1 Å². The molecule has 1 heterocycles. The lowest BCUT2D eigenvalue weighted by atomic mass is 9.96. The lowest BCUT2D eigenvalue weighted by Crippen LogP contribution is -2.17. The van der Waals surface area contributed by atoms with Gasteiger partial charge >= 0.3 is 0 Å². The monoisotopic (exact) mass is 191 g/mol. The van der Waals surface area contributed by atoms with Crippen molar-refractivity contribution in [2.75, 3.05) is 5.73 Å². The van der Waals surface area contributed by atoms with Gasteiger partial charge in [-0.1, -0.05) is 0 Å². The molecule has 0 aliphatic heterocycles. The lowest BCUT2D eigenvalue weighted by molar-refractivity contribution is 0.0794. The molecule has 0 bridgehead atoms. The second kappa shape index (κ2) is 2.75. The van der Waals surface area contributed by atoms with Crippen LogP contribution in [0.3, 0.4) is 0 Å². The van der Waals surface area contributed by atoms with Crippen LogP contribution in [0.4, 0.5) is 5.69 Å². The summed E-state index contributed by atoms with van der Waals surface area (Å²) in [5.74, 6) is 0. The van der Waals surface area contributed by atoms with Crippen molar-refractivity contribution in [1.82, 2.24) is 0 Å². The van der Waals surface area contributed by atoms with Crippen molar-refractivity contribution in [3.05, 3.63) is 30.0 Å². The molecule has 0 unspecified atom stereocenters. The third-order valence-corrected chi connectivity index (χ3v) is 2.28. The zero-order valence-electron chi connectivity index (χ0n) is 8.24. The fraction of sp³-hybridized carbons (Fsp3) is 0.273. The first-order valence-electron chi connectivity index (χ1n) is 4.48. The molecular formula is C11H13NO2. The summed E-state index contributed by atoms with van der Waals surface area (Å²) in [6.45, 7) is 3.40. The minimum absolute atomic E-state index is 0.589. The third kappa shape index (κ3) is 1.36. The van der Waals surface area contributed by atoms with Gasteiger partial charge in [0, 0.05) is 16.6 Å². The number of hydrogen-bond acceptors (Lipinski definition) is 3. The van der Waals surface area contributed by atoms with E-state index in [1.807, 2.05) is 12.1 Å². The molecule has 1 aromatic heterocycles. The number of nitrogens with two attached hydrogens (primary N) is 1. The normalized spacial score (nSPS) is 12.2. The standard InChI is InChI=1S/C11H13NO2/c1-11(2,13)8-6-10-7(3-4-14-10)5-9(8)12/h3-6,13H,12H2,1-2H3. The number of anilines is 1. The van der Waals surface area contributed by atoms with Crippen LogP contribution in [0.15, 0.2) is 28.9 Å². The average molecular weight is 191 g/mol. The summed E-state index contributed by atoms with van der Waals surface area (Å²) >= 11 is 0. The van der Waals surface area contributed by atoms with Crippen molar-refractivity contribution >= 4 is 16.7 Å². The molecule has 0 spiro atoms. The number of hydrogen-bond donors (Lipinski definition) is 2. The van der Waals surface area contributed by atoms with E-state index in [1.165, 1.54) is 0 Å². The first-order chi connectivity index (χ1) is 6.48. The zero-order chi connectivity index (χ0) is 10.3. The van der Waals surface area contributed by atoms with Gasteiger partial charge in [-0.2, -0.15) is 0 Å². The van der Waals surface area contributed by atoms with Crippen LogP contribution >= 0.6 is 0 Å². The summed E-state index contributed by atoms with van der Waals surface area (Å²) in [5, 5.41) is 10.8. The van der Waals surface area contributed by atoms with Crippen LogP contribution in [0.25, 0.3) is 11.0 Å². The van der Waals surface area contributed by atoms with Crippen molar-refractivity contribution in [2.24, 2.45) is 0 Å². The van der Waals surface area contributed by atoms with E-state index in [4.69, 9.17) is 10.2 Å². The topological polar surface area (TPSA) is 59.4 Å². The number of nitrogen functional groups attached to an aromatic ring is 1. The molecule has 0 atom stereocenters. The Morgan fingerprint density at radius 1 is 1.36 bits per heavy atom. The highest BCUT2D eigenvalue weighted by molar-refractivity contribution is 5.82. The Bertz CT molecular complexity index is 466. The molecule has 1 aromatic carbocycles. The van der Waals surface area contributed by atoms with Gasteiger partial charge in [-0.15, -0.1) is 0 Å². The van der Waals surface area contributed by atoms with E-state index in [1.54, 1.807) is 26.2 Å². The highest BCUT2D eigenvalue weighted by Gasteiger charge is 2.20. The molecule has 0 saturated heterocycles. The predicted molar refractivity (Wildman–Crippen MR) is 55.9 cm³/mol. The molecule has 3 nitrogen and oxygen atoms in total. The minimum atomic E-state index is -0.939. The quantitative estimate of drug-likeness (QED) is 0.679. The Morgan fingerprint density at radius 2 is 2.07 bits per heavy atom. The van der Waals surface area contributed by atoms with Gasteiger partial charge in [0.2, 0.25) is 0 Å². The van der Waals surface area contributed by atoms with Gasteiger partial charge in [-0.25, -0.2) is 0 Å². The van der Waals surface area contributed by atoms with Gasteiger partial charge in [0.15, 0.2) is 0 Å². The van der Waals surface area contributed by atoms with Crippen LogP contribution in [-0.2, 0) is 5.60 Å². The summed E-state index contributed by atoms with van der Waals surface area (Å²) in [6.07, 6.45) is 1.61. The van der Waals surface area contributed by atoms with E-state index in [0.717, 1.165) is 11.0 Å². The second-order valence-electron chi connectivity index (χ2n) is 3.96. The highest BCUT2D eigenvalue weighted by atomic mass is 16.3. The van der Waals surface area contributed by atoms with Crippen molar-refractivity contribution in [3.8, 4) is 0 Å². The molecule has 0 aliphatic rings. The predicted octanol–water partition coefficient (Wildman–Crippen LogP) is 2.24. The number of furan rings is 1. The van der Waals surface area contributed by atoms with Crippen molar-refractivity contribution in [1.29, 1.82) is 0 Å². The molecule has 3 heteroatoms. The molecule has 0 amide bonds. The molecule has 14 heavy (non-hydrogen) atoms. The van der Waals surface area contributed by atoms with Crippen LogP contribution in [0.1, 0.15) is 19.4 Å². The van der Waals surface area contributed by atoms with Gasteiger partial charge in [0.05, 0.1) is 11.9 Å². The zero-order valence-corrected chi connectivity index (χ0v) is 8.24. The molecule has 0 fully saturated rings. The largest absolute Gasteiger partial charge is 0.464 e. The maximum atomic E-state index is 9.85. The first kappa shape index (κ1) is 9.09. The summed E-state index contributed by atoms with van der Waals surface area (Å²) in [5.41, 5.74) is 6.92. The van der Waals surface area contributed by atoms with Gasteiger partial charge in [-0.3, -0.25) is 0 Å². The maximum absolute atomic E-state index is 9.85. The van der Waals surface area contributed by atoms with E-state index in [-0.39, 0.29) is 0 Å². The molecule has 0 aliphatic carbocycles. The SMILES string of the molecule is CC(C)(O)c1cc2occc2cc1N. The van der Waals surface area contributed by atoms with E-state index >= 15 is 0 Å². The van der Waals surface area contributed by atoms with Crippen molar-refractivity contribution in [2.45, 2.75) is 19.4 Å². The van der Waals surface area contributed by atoms with E-state index in [9.17, 15) is 5.11 Å². The van der Waals surface area contributed by atoms with Crippen molar-refractivity contribution in [3.63, 3.8) is 0 Å². The highest BCUT2D eigenvalue weighted by Crippen LogP contribution is 2.30. The molecule has 74 valence electrons. The Balaban J connectivity index is 2.71. The van der Waals surface area contributed by atoms with Crippen LogP contribution in [0.5, 0.6) is 0 Å². The van der Waals surface area contributed by atoms with Crippen LogP contribution in [-0.4, -0.2) is 5.11 Å². The van der Waals surface area contributed by atoms with E-state index in [2.05, 4.69) is 0 Å². The summed E-state index contributed by atoms with van der Waals surface area (Å²) in [7, 11) is 0. The Kier molecular flexibility index (Phi) is 1.79. The van der Waals surface area contributed by atoms with E-state index < -0.39 is 5.60 Å². The van der Waals surface area contributed by atoms with Gasteiger partial charge < -0.3 is 15.3 Å². The first-order valence-corrected chi connectivity index (χ1v) is 4.48. The summed E-state index contributed by atoms with van der Waals surface area (Å²) in [4.78, 5) is 0. The van der Waals surface area contributed by atoms with Crippen LogP contribution < -0.4 is 5.73 Å². The number of rotatable bonds is 1. The maximum Gasteiger partial charge on any atom is 0.134 e. The lowest BCUT2D eigenvalue weighted by Gasteiger charge is -2.19. The summed E-state index contributed by atoms with van der Waals surface area (Å²) in [6, 6.07) is 5.44. The minimum Gasteiger partial charge on any atom is -0.464 e. The second-order valence-corrected chi connectivity index (χ2v) is 3.96.